The van der Waals surface area contributed by atoms with Crippen molar-refractivity contribution >= 4 is 23.3 Å². The second-order valence-electron chi connectivity index (χ2n) is 3.84. The van der Waals surface area contributed by atoms with Gasteiger partial charge < -0.3 is 10.1 Å². The molecule has 1 aromatic rings. The molecule has 1 aromatic carbocycles. The molecule has 1 N–H and O–H groups in total. The topological polar surface area (TPSA) is 72.5 Å². The Kier molecular flexibility index (Phi) is 4.59. The predicted octanol–water partition coefficient (Wildman–Crippen LogP) is 1.78. The van der Waals surface area contributed by atoms with Gasteiger partial charge in [-0.25, -0.2) is 0 Å². The van der Waals surface area contributed by atoms with Gasteiger partial charge in [0, 0.05) is 12.5 Å². The van der Waals surface area contributed by atoms with Crippen LogP contribution in [0.3, 0.4) is 0 Å². The monoisotopic (exact) mass is 249 g/mol. The number of hydrogen-bond acceptors (Lipinski definition) is 4. The van der Waals surface area contributed by atoms with Crippen molar-refractivity contribution in [2.24, 2.45) is 0 Å². The van der Waals surface area contributed by atoms with E-state index in [0.717, 1.165) is 0 Å². The van der Waals surface area contributed by atoms with E-state index in [9.17, 15) is 14.4 Å². The van der Waals surface area contributed by atoms with Gasteiger partial charge in [0.05, 0.1) is 5.69 Å². The molecule has 0 spiro atoms. The van der Waals surface area contributed by atoms with Gasteiger partial charge >= 0.3 is 5.97 Å². The maximum atomic E-state index is 11.7. The lowest BCUT2D eigenvalue weighted by molar-refractivity contribution is -0.150. The Morgan fingerprint density at radius 1 is 1.17 bits per heavy atom. The lowest BCUT2D eigenvalue weighted by Gasteiger charge is -2.13. The minimum Gasteiger partial charge on any atom is -0.453 e. The van der Waals surface area contributed by atoms with Crippen molar-refractivity contribution in [3.05, 3.63) is 29.8 Å². The molecule has 0 aliphatic carbocycles. The number of rotatable bonds is 4. The van der Waals surface area contributed by atoms with E-state index in [2.05, 4.69) is 5.32 Å². The van der Waals surface area contributed by atoms with E-state index in [-0.39, 0.29) is 5.78 Å². The van der Waals surface area contributed by atoms with Crippen LogP contribution in [0.4, 0.5) is 5.69 Å². The standard InChI is InChI=1S/C13H15NO4/c1-8(15)11-6-4-5-7-12(11)14-13(17)9(2)18-10(3)16/h4-7,9H,1-3H3,(H,14,17)/t9-/m1/s1. The highest BCUT2D eigenvalue weighted by Crippen LogP contribution is 2.16. The van der Waals surface area contributed by atoms with Crippen LogP contribution in [0, 0.1) is 0 Å². The van der Waals surface area contributed by atoms with Gasteiger partial charge in [-0.15, -0.1) is 0 Å². The Morgan fingerprint density at radius 2 is 1.78 bits per heavy atom. The Bertz CT molecular complexity index is 482. The number of ketones is 1. The third kappa shape index (κ3) is 3.69. The first-order chi connectivity index (χ1) is 8.41. The third-order valence-corrected chi connectivity index (χ3v) is 2.28. The van der Waals surface area contributed by atoms with Crippen LogP contribution >= 0.6 is 0 Å². The van der Waals surface area contributed by atoms with E-state index in [0.29, 0.717) is 11.3 Å². The molecule has 0 saturated heterocycles. The summed E-state index contributed by atoms with van der Waals surface area (Å²) < 4.78 is 4.75. The second-order valence-corrected chi connectivity index (χ2v) is 3.84. The van der Waals surface area contributed by atoms with Gasteiger partial charge in [-0.05, 0) is 26.0 Å². The van der Waals surface area contributed by atoms with Gasteiger partial charge in [-0.1, -0.05) is 12.1 Å². The van der Waals surface area contributed by atoms with Crippen molar-refractivity contribution in [1.29, 1.82) is 0 Å². The number of hydrogen-bond donors (Lipinski definition) is 1. The fraction of sp³-hybridized carbons (Fsp3) is 0.308. The number of esters is 1. The molecule has 0 unspecified atom stereocenters. The van der Waals surface area contributed by atoms with E-state index >= 15 is 0 Å². The summed E-state index contributed by atoms with van der Waals surface area (Å²) in [4.78, 5) is 33.8. The van der Waals surface area contributed by atoms with Crippen LogP contribution in [-0.2, 0) is 14.3 Å². The largest absolute Gasteiger partial charge is 0.453 e. The highest BCUT2D eigenvalue weighted by atomic mass is 16.5. The summed E-state index contributed by atoms with van der Waals surface area (Å²) in [5.74, 6) is -1.15. The molecule has 5 nitrogen and oxygen atoms in total. The van der Waals surface area contributed by atoms with E-state index in [1.165, 1.54) is 20.8 Å². The molecule has 0 radical (unpaired) electrons. The molecule has 1 amide bonds. The van der Waals surface area contributed by atoms with Gasteiger partial charge in [-0.2, -0.15) is 0 Å². The van der Waals surface area contributed by atoms with Crippen LogP contribution in [0.15, 0.2) is 24.3 Å². The van der Waals surface area contributed by atoms with Gasteiger partial charge in [-0.3, -0.25) is 14.4 Å². The van der Waals surface area contributed by atoms with Crippen molar-refractivity contribution < 1.29 is 19.1 Å². The number of benzene rings is 1. The minimum atomic E-state index is -0.900. The highest BCUT2D eigenvalue weighted by molar-refractivity contribution is 6.04. The van der Waals surface area contributed by atoms with Crippen LogP contribution < -0.4 is 5.32 Å². The summed E-state index contributed by atoms with van der Waals surface area (Å²) in [5.41, 5.74) is 0.829. The lowest BCUT2D eigenvalue weighted by Crippen LogP contribution is -2.29. The summed E-state index contributed by atoms with van der Waals surface area (Å²) in [5, 5.41) is 2.56. The summed E-state index contributed by atoms with van der Waals surface area (Å²) in [6.07, 6.45) is -0.900. The van der Waals surface area contributed by atoms with Crippen molar-refractivity contribution in [1.82, 2.24) is 0 Å². The van der Waals surface area contributed by atoms with Gasteiger partial charge in [0.1, 0.15) is 0 Å². The molecule has 1 atom stereocenters. The normalized spacial score (nSPS) is 11.5. The Balaban J connectivity index is 2.82. The van der Waals surface area contributed by atoms with E-state index in [1.54, 1.807) is 24.3 Å². The molecule has 0 fully saturated rings. The highest BCUT2D eigenvalue weighted by Gasteiger charge is 2.17. The maximum absolute atomic E-state index is 11.7. The molecule has 1 rings (SSSR count). The number of para-hydroxylation sites is 1. The first-order valence-electron chi connectivity index (χ1n) is 5.50. The minimum absolute atomic E-state index is 0.147. The Labute approximate surface area is 105 Å². The van der Waals surface area contributed by atoms with Gasteiger partial charge in [0.2, 0.25) is 0 Å². The number of Topliss-reactive ketones (excluding diaryl/α,β-unsaturated/α-hetero) is 1. The molecule has 0 aliphatic heterocycles. The van der Waals surface area contributed by atoms with Crippen LogP contribution in [0.2, 0.25) is 0 Å². The smallest absolute Gasteiger partial charge is 0.303 e. The Morgan fingerprint density at radius 3 is 2.33 bits per heavy atom. The zero-order valence-corrected chi connectivity index (χ0v) is 10.5. The van der Waals surface area contributed by atoms with Crippen molar-refractivity contribution in [2.45, 2.75) is 26.9 Å². The number of anilines is 1. The molecule has 0 heterocycles. The summed E-state index contributed by atoms with van der Waals surface area (Å²) in [6, 6.07) is 6.66. The van der Waals surface area contributed by atoms with Crippen molar-refractivity contribution in [3.8, 4) is 0 Å². The molecular weight excluding hydrogens is 234 g/mol. The average molecular weight is 249 g/mol. The summed E-state index contributed by atoms with van der Waals surface area (Å²) in [7, 11) is 0. The Hall–Kier alpha value is -2.17. The number of nitrogens with one attached hydrogen (secondary N) is 1. The molecule has 96 valence electrons. The molecule has 5 heteroatoms. The number of carbonyl (C=O) groups excluding carboxylic acids is 3. The van der Waals surface area contributed by atoms with Crippen LogP contribution in [0.5, 0.6) is 0 Å². The van der Waals surface area contributed by atoms with Crippen molar-refractivity contribution in [2.75, 3.05) is 5.32 Å². The van der Waals surface area contributed by atoms with Gasteiger partial charge in [0.15, 0.2) is 11.9 Å². The SMILES string of the molecule is CC(=O)O[C@H](C)C(=O)Nc1ccccc1C(C)=O. The maximum Gasteiger partial charge on any atom is 0.303 e. The van der Waals surface area contributed by atoms with Crippen LogP contribution in [0.25, 0.3) is 0 Å². The lowest BCUT2D eigenvalue weighted by atomic mass is 10.1. The number of carbonyl (C=O) groups is 3. The fourth-order valence-corrected chi connectivity index (χ4v) is 1.44. The van der Waals surface area contributed by atoms with Crippen LogP contribution in [0.1, 0.15) is 31.1 Å². The number of amides is 1. The second kappa shape index (κ2) is 5.95. The van der Waals surface area contributed by atoms with Crippen LogP contribution in [-0.4, -0.2) is 23.8 Å². The van der Waals surface area contributed by atoms with E-state index in [1.807, 2.05) is 0 Å². The molecule has 0 aliphatic rings. The first-order valence-corrected chi connectivity index (χ1v) is 5.50. The van der Waals surface area contributed by atoms with E-state index < -0.39 is 18.0 Å². The predicted molar refractivity (Wildman–Crippen MR) is 66.3 cm³/mol. The third-order valence-electron chi connectivity index (χ3n) is 2.28. The molecule has 0 bridgehead atoms. The fourth-order valence-electron chi connectivity index (χ4n) is 1.44. The molecule has 0 aromatic heterocycles. The quantitative estimate of drug-likeness (QED) is 0.652. The van der Waals surface area contributed by atoms with Crippen molar-refractivity contribution in [3.63, 3.8) is 0 Å². The molecule has 18 heavy (non-hydrogen) atoms. The first kappa shape index (κ1) is 13.9. The van der Waals surface area contributed by atoms with Gasteiger partial charge in [0.25, 0.3) is 5.91 Å². The zero-order valence-electron chi connectivity index (χ0n) is 10.5. The number of ether oxygens (including phenoxy) is 1. The average Bonchev–Trinajstić information content (AvgIpc) is 2.28. The molecule has 0 saturated carbocycles. The van der Waals surface area contributed by atoms with E-state index in [4.69, 9.17) is 4.74 Å². The zero-order chi connectivity index (χ0) is 13.7. The summed E-state index contributed by atoms with van der Waals surface area (Å²) in [6.45, 7) is 4.11. The summed E-state index contributed by atoms with van der Waals surface area (Å²) >= 11 is 0. The molecular formula is C13H15NO4.